The van der Waals surface area contributed by atoms with Gasteiger partial charge in [-0.05, 0) is 61.3 Å². The van der Waals surface area contributed by atoms with Gasteiger partial charge in [0.25, 0.3) is 0 Å². The summed E-state index contributed by atoms with van der Waals surface area (Å²) >= 11 is 0. The van der Waals surface area contributed by atoms with Crippen LogP contribution < -0.4 is 14.8 Å². The largest absolute Gasteiger partial charge is 0.486 e. The van der Waals surface area contributed by atoms with E-state index in [1.807, 2.05) is 87.6 Å². The summed E-state index contributed by atoms with van der Waals surface area (Å²) in [5.74, 6) is 1.47. The van der Waals surface area contributed by atoms with Crippen LogP contribution in [0.3, 0.4) is 0 Å². The molecular formula is C26H28N2O3. The molecule has 0 aromatic heterocycles. The van der Waals surface area contributed by atoms with Crippen molar-refractivity contribution in [2.75, 3.05) is 25.6 Å². The smallest absolute Gasteiger partial charge is 0.246 e. The van der Waals surface area contributed by atoms with Gasteiger partial charge < -0.3 is 14.8 Å². The number of carbonyl (C=O) groups is 1. The lowest BCUT2D eigenvalue weighted by atomic mass is 10.0. The number of carbonyl (C=O) groups excluding carboxylic acids is 1. The summed E-state index contributed by atoms with van der Waals surface area (Å²) in [4.78, 5) is 15.5. The Morgan fingerprint density at radius 1 is 0.968 bits per heavy atom. The van der Waals surface area contributed by atoms with Crippen molar-refractivity contribution in [2.45, 2.75) is 26.4 Å². The number of nitrogens with zero attached hydrogens (tertiary/aromatic N) is 1. The van der Waals surface area contributed by atoms with Gasteiger partial charge in [0, 0.05) is 12.2 Å². The third-order valence-corrected chi connectivity index (χ3v) is 5.49. The average molecular weight is 417 g/mol. The van der Waals surface area contributed by atoms with Crippen molar-refractivity contribution in [1.29, 1.82) is 0 Å². The number of ether oxygens (including phenoxy) is 2. The van der Waals surface area contributed by atoms with Gasteiger partial charge in [-0.25, -0.2) is 0 Å². The molecule has 0 saturated heterocycles. The Bertz CT molecular complexity index is 1070. The van der Waals surface area contributed by atoms with Crippen molar-refractivity contribution in [1.82, 2.24) is 4.90 Å². The quantitative estimate of drug-likeness (QED) is 0.622. The summed E-state index contributed by atoms with van der Waals surface area (Å²) in [5, 5.41) is 3.14. The summed E-state index contributed by atoms with van der Waals surface area (Å²) in [6.45, 7) is 5.75. The van der Waals surface area contributed by atoms with Crippen LogP contribution in [0.5, 0.6) is 11.5 Å². The SMILES string of the molecule is Cc1ccc(C)c(NC(=O)[C@@H](c2ccccc2)N(C)Cc2ccc3c(c2)OCCO3)c1. The van der Waals surface area contributed by atoms with E-state index in [1.54, 1.807) is 0 Å². The predicted molar refractivity (Wildman–Crippen MR) is 123 cm³/mol. The van der Waals surface area contributed by atoms with Crippen LogP contribution >= 0.6 is 0 Å². The van der Waals surface area contributed by atoms with Gasteiger partial charge >= 0.3 is 0 Å². The first-order valence-electron chi connectivity index (χ1n) is 10.5. The Morgan fingerprint density at radius 2 is 1.71 bits per heavy atom. The zero-order chi connectivity index (χ0) is 21.8. The Hall–Kier alpha value is -3.31. The second-order valence-electron chi connectivity index (χ2n) is 8.01. The molecular weight excluding hydrogens is 388 g/mol. The molecule has 0 radical (unpaired) electrons. The summed E-state index contributed by atoms with van der Waals surface area (Å²) in [6.07, 6.45) is 0. The van der Waals surface area contributed by atoms with Gasteiger partial charge in [-0.3, -0.25) is 9.69 Å². The highest BCUT2D eigenvalue weighted by Gasteiger charge is 2.26. The number of hydrogen-bond acceptors (Lipinski definition) is 4. The Kier molecular flexibility index (Phi) is 6.23. The first-order chi connectivity index (χ1) is 15.0. The fourth-order valence-corrected chi connectivity index (χ4v) is 3.88. The molecule has 1 amide bonds. The molecule has 0 fully saturated rings. The molecule has 31 heavy (non-hydrogen) atoms. The van der Waals surface area contributed by atoms with Crippen LogP contribution in [-0.4, -0.2) is 31.1 Å². The zero-order valence-corrected chi connectivity index (χ0v) is 18.2. The van der Waals surface area contributed by atoms with Crippen LogP contribution in [-0.2, 0) is 11.3 Å². The van der Waals surface area contributed by atoms with Crippen molar-refractivity contribution < 1.29 is 14.3 Å². The van der Waals surface area contributed by atoms with E-state index in [-0.39, 0.29) is 5.91 Å². The number of hydrogen-bond donors (Lipinski definition) is 1. The summed E-state index contributed by atoms with van der Waals surface area (Å²) in [6, 6.07) is 21.5. The van der Waals surface area contributed by atoms with Crippen molar-refractivity contribution in [2.24, 2.45) is 0 Å². The van der Waals surface area contributed by atoms with Gasteiger partial charge in [-0.15, -0.1) is 0 Å². The van der Waals surface area contributed by atoms with Gasteiger partial charge in [0.1, 0.15) is 19.3 Å². The molecule has 1 aliphatic rings. The van der Waals surface area contributed by atoms with E-state index in [9.17, 15) is 4.79 Å². The van der Waals surface area contributed by atoms with Gasteiger partial charge in [0.05, 0.1) is 0 Å². The van der Waals surface area contributed by atoms with E-state index in [0.29, 0.717) is 19.8 Å². The molecule has 3 aromatic carbocycles. The van der Waals surface area contributed by atoms with Gasteiger partial charge in [-0.2, -0.15) is 0 Å². The topological polar surface area (TPSA) is 50.8 Å². The highest BCUT2D eigenvalue weighted by molar-refractivity contribution is 5.96. The molecule has 0 saturated carbocycles. The van der Waals surface area contributed by atoms with Gasteiger partial charge in [-0.1, -0.05) is 48.5 Å². The monoisotopic (exact) mass is 416 g/mol. The Balaban J connectivity index is 1.59. The lowest BCUT2D eigenvalue weighted by molar-refractivity contribution is -0.121. The van der Waals surface area contributed by atoms with E-state index >= 15 is 0 Å². The lowest BCUT2D eigenvalue weighted by Gasteiger charge is -2.28. The molecule has 5 heteroatoms. The minimum atomic E-state index is -0.436. The standard InChI is InChI=1S/C26H28N2O3/c1-18-9-10-19(2)22(15-18)27-26(29)25(21-7-5-4-6-8-21)28(3)17-20-11-12-23-24(16-20)31-14-13-30-23/h4-12,15-16,25H,13-14,17H2,1-3H3,(H,27,29)/t25-/m1/s1. The third-order valence-electron chi connectivity index (χ3n) is 5.49. The van der Waals surface area contributed by atoms with E-state index in [2.05, 4.69) is 10.2 Å². The molecule has 1 N–H and O–H groups in total. The van der Waals surface area contributed by atoms with Gasteiger partial charge in [0.2, 0.25) is 5.91 Å². The van der Waals surface area contributed by atoms with E-state index in [0.717, 1.165) is 39.4 Å². The number of anilines is 1. The van der Waals surface area contributed by atoms with E-state index < -0.39 is 6.04 Å². The normalized spacial score (nSPS) is 13.7. The molecule has 0 aliphatic carbocycles. The first kappa shape index (κ1) is 20.9. The molecule has 1 atom stereocenters. The molecule has 4 rings (SSSR count). The number of nitrogens with one attached hydrogen (secondary N) is 1. The van der Waals surface area contributed by atoms with Crippen LogP contribution in [0.4, 0.5) is 5.69 Å². The van der Waals surface area contributed by atoms with E-state index in [4.69, 9.17) is 9.47 Å². The highest BCUT2D eigenvalue weighted by atomic mass is 16.6. The molecule has 0 spiro atoms. The molecule has 1 heterocycles. The van der Waals surface area contributed by atoms with Crippen LogP contribution in [0.2, 0.25) is 0 Å². The Morgan fingerprint density at radius 3 is 2.48 bits per heavy atom. The second kappa shape index (κ2) is 9.23. The number of likely N-dealkylation sites (N-methyl/N-ethyl adjacent to an activating group) is 1. The summed E-state index contributed by atoms with van der Waals surface area (Å²) in [7, 11) is 1.97. The maximum atomic E-state index is 13.4. The number of amides is 1. The number of rotatable bonds is 6. The van der Waals surface area contributed by atoms with Gasteiger partial charge in [0.15, 0.2) is 11.5 Å². The van der Waals surface area contributed by atoms with Crippen molar-refractivity contribution in [3.63, 3.8) is 0 Å². The molecule has 5 nitrogen and oxygen atoms in total. The third kappa shape index (κ3) is 4.89. The van der Waals surface area contributed by atoms with Crippen molar-refractivity contribution in [3.8, 4) is 11.5 Å². The maximum absolute atomic E-state index is 13.4. The minimum Gasteiger partial charge on any atom is -0.486 e. The molecule has 1 aliphatic heterocycles. The fraction of sp³-hybridized carbons (Fsp3) is 0.269. The van der Waals surface area contributed by atoms with Crippen LogP contribution in [0.1, 0.15) is 28.3 Å². The number of fused-ring (bicyclic) bond motifs is 1. The first-order valence-corrected chi connectivity index (χ1v) is 10.5. The number of benzene rings is 3. The zero-order valence-electron chi connectivity index (χ0n) is 18.2. The van der Waals surface area contributed by atoms with Crippen LogP contribution in [0.25, 0.3) is 0 Å². The fourth-order valence-electron chi connectivity index (χ4n) is 3.88. The number of aryl methyl sites for hydroxylation is 2. The second-order valence-corrected chi connectivity index (χ2v) is 8.01. The summed E-state index contributed by atoms with van der Waals surface area (Å²) < 4.78 is 11.3. The van der Waals surface area contributed by atoms with E-state index in [1.165, 1.54) is 0 Å². The van der Waals surface area contributed by atoms with Crippen molar-refractivity contribution >= 4 is 11.6 Å². The molecule has 0 unspecified atom stereocenters. The van der Waals surface area contributed by atoms with Crippen LogP contribution in [0.15, 0.2) is 66.7 Å². The average Bonchev–Trinajstić information content (AvgIpc) is 2.77. The lowest BCUT2D eigenvalue weighted by Crippen LogP contribution is -2.34. The summed E-state index contributed by atoms with van der Waals surface area (Å²) in [5.41, 5.74) is 5.01. The molecule has 3 aromatic rings. The minimum absolute atomic E-state index is 0.0556. The molecule has 160 valence electrons. The Labute approximate surface area is 183 Å². The molecule has 0 bridgehead atoms. The van der Waals surface area contributed by atoms with Crippen LogP contribution in [0, 0.1) is 13.8 Å². The van der Waals surface area contributed by atoms with Crippen molar-refractivity contribution in [3.05, 3.63) is 89.0 Å². The highest BCUT2D eigenvalue weighted by Crippen LogP contribution is 2.32. The predicted octanol–water partition coefficient (Wildman–Crippen LogP) is 4.89. The maximum Gasteiger partial charge on any atom is 0.246 e.